The molecule has 0 spiro atoms. The van der Waals surface area contributed by atoms with Crippen LogP contribution in [0.4, 0.5) is 5.69 Å². The van der Waals surface area contributed by atoms with Crippen molar-refractivity contribution in [3.63, 3.8) is 0 Å². The Bertz CT molecular complexity index is 1120. The number of hydrogen-bond donors (Lipinski definition) is 1. The van der Waals surface area contributed by atoms with Gasteiger partial charge in [-0.2, -0.15) is 0 Å². The molecular weight excluding hydrogens is 352 g/mol. The highest BCUT2D eigenvalue weighted by Gasteiger charge is 2.16. The van der Waals surface area contributed by atoms with Gasteiger partial charge in [0.2, 0.25) is 5.91 Å². The Morgan fingerprint density at radius 3 is 2.50 bits per heavy atom. The minimum atomic E-state index is -0.308. The molecule has 1 heterocycles. The number of carbonyl (C=O) groups excluding carboxylic acids is 2. The number of terminal acetylenes is 1. The molecule has 2 aromatic carbocycles. The van der Waals surface area contributed by atoms with Crippen molar-refractivity contribution in [3.8, 4) is 12.3 Å². The summed E-state index contributed by atoms with van der Waals surface area (Å²) < 4.78 is 0. The molecule has 3 aromatic rings. The number of fused-ring (bicyclic) bond motifs is 1. The molecule has 6 nitrogen and oxygen atoms in total. The van der Waals surface area contributed by atoms with Crippen molar-refractivity contribution in [2.24, 2.45) is 0 Å². The lowest BCUT2D eigenvalue weighted by Gasteiger charge is -2.17. The summed E-state index contributed by atoms with van der Waals surface area (Å²) in [6, 6.07) is 12.1. The van der Waals surface area contributed by atoms with Gasteiger partial charge in [0.15, 0.2) is 0 Å². The molecule has 3 rings (SSSR count). The summed E-state index contributed by atoms with van der Waals surface area (Å²) in [4.78, 5) is 35.3. The molecule has 0 fully saturated rings. The predicted molar refractivity (Wildman–Crippen MR) is 109 cm³/mol. The number of benzene rings is 2. The van der Waals surface area contributed by atoms with E-state index in [-0.39, 0.29) is 18.4 Å². The normalized spacial score (nSPS) is 10.4. The number of aryl methyl sites for hydroxylation is 2. The fraction of sp³-hybridized carbons (Fsp3) is 0.182. The summed E-state index contributed by atoms with van der Waals surface area (Å²) in [7, 11) is 1.58. The number of nitrogens with zero attached hydrogens (tertiary/aromatic N) is 3. The first-order valence-electron chi connectivity index (χ1n) is 8.74. The molecule has 0 aliphatic heterocycles. The van der Waals surface area contributed by atoms with Gasteiger partial charge in [0.25, 0.3) is 5.91 Å². The van der Waals surface area contributed by atoms with Crippen LogP contribution < -0.4 is 5.32 Å². The van der Waals surface area contributed by atoms with Gasteiger partial charge in [0, 0.05) is 23.9 Å². The molecule has 0 unspecified atom stereocenters. The lowest BCUT2D eigenvalue weighted by molar-refractivity contribution is -0.116. The van der Waals surface area contributed by atoms with Crippen molar-refractivity contribution < 1.29 is 9.59 Å². The zero-order chi connectivity index (χ0) is 20.3. The van der Waals surface area contributed by atoms with Crippen molar-refractivity contribution in [2.45, 2.75) is 13.8 Å². The van der Waals surface area contributed by atoms with E-state index in [0.717, 1.165) is 16.9 Å². The fourth-order valence-electron chi connectivity index (χ4n) is 2.76. The van der Waals surface area contributed by atoms with Crippen molar-refractivity contribution >= 4 is 28.5 Å². The van der Waals surface area contributed by atoms with Gasteiger partial charge in [-0.3, -0.25) is 9.59 Å². The van der Waals surface area contributed by atoms with E-state index in [2.05, 4.69) is 21.2 Å². The summed E-state index contributed by atoms with van der Waals surface area (Å²) in [6.07, 6.45) is 5.37. The Morgan fingerprint density at radius 1 is 1.07 bits per heavy atom. The first-order chi connectivity index (χ1) is 13.4. The summed E-state index contributed by atoms with van der Waals surface area (Å²) in [5.41, 5.74) is 4.77. The summed E-state index contributed by atoms with van der Waals surface area (Å²) in [6.45, 7) is 3.68. The van der Waals surface area contributed by atoms with Crippen LogP contribution in [0.1, 0.15) is 27.3 Å². The lowest BCUT2D eigenvalue weighted by Crippen LogP contribution is -2.34. The van der Waals surface area contributed by atoms with Crippen LogP contribution in [0.5, 0.6) is 0 Å². The average Bonchev–Trinajstić information content (AvgIpc) is 2.68. The standard InChI is InChI=1S/C22H20N4O2/c1-5-16-7-6-8-18(11-16)25-21(27)13-26(4)22(28)17-9-10-19-20(12-17)24-15(3)14(2)23-19/h1,6-12H,13H2,2-4H3,(H,25,27). The van der Waals surface area contributed by atoms with Gasteiger partial charge < -0.3 is 10.2 Å². The third kappa shape index (κ3) is 4.15. The van der Waals surface area contributed by atoms with E-state index in [4.69, 9.17) is 6.42 Å². The number of hydrogen-bond acceptors (Lipinski definition) is 4. The quantitative estimate of drug-likeness (QED) is 0.715. The zero-order valence-electron chi connectivity index (χ0n) is 16.0. The van der Waals surface area contributed by atoms with Crippen molar-refractivity contribution in [3.05, 3.63) is 65.0 Å². The molecule has 0 saturated heterocycles. The molecule has 0 bridgehead atoms. The number of aromatic nitrogens is 2. The molecule has 6 heteroatoms. The largest absolute Gasteiger partial charge is 0.332 e. The molecule has 0 aliphatic rings. The highest BCUT2D eigenvalue weighted by Crippen LogP contribution is 2.16. The molecular formula is C22H20N4O2. The lowest BCUT2D eigenvalue weighted by atomic mass is 10.1. The van der Waals surface area contributed by atoms with Crippen LogP contribution in [0, 0.1) is 26.2 Å². The van der Waals surface area contributed by atoms with Crippen molar-refractivity contribution in [1.29, 1.82) is 0 Å². The van der Waals surface area contributed by atoms with Crippen LogP contribution in [-0.4, -0.2) is 40.3 Å². The number of nitrogens with one attached hydrogen (secondary N) is 1. The molecule has 0 atom stereocenters. The van der Waals surface area contributed by atoms with Gasteiger partial charge in [-0.25, -0.2) is 9.97 Å². The van der Waals surface area contributed by atoms with E-state index >= 15 is 0 Å². The summed E-state index contributed by atoms with van der Waals surface area (Å²) in [5.74, 6) is 1.94. The monoisotopic (exact) mass is 372 g/mol. The van der Waals surface area contributed by atoms with E-state index in [1.165, 1.54) is 4.90 Å². The maximum absolute atomic E-state index is 12.7. The number of likely N-dealkylation sites (N-methyl/N-ethyl adjacent to an activating group) is 1. The number of amides is 2. The van der Waals surface area contributed by atoms with Crippen LogP contribution in [0.2, 0.25) is 0 Å². The minimum Gasteiger partial charge on any atom is -0.332 e. The van der Waals surface area contributed by atoms with Gasteiger partial charge >= 0.3 is 0 Å². The van der Waals surface area contributed by atoms with Crippen LogP contribution in [0.25, 0.3) is 11.0 Å². The van der Waals surface area contributed by atoms with Crippen LogP contribution >= 0.6 is 0 Å². The van der Waals surface area contributed by atoms with Gasteiger partial charge in [-0.05, 0) is 50.2 Å². The first-order valence-corrected chi connectivity index (χ1v) is 8.74. The number of anilines is 1. The summed E-state index contributed by atoms with van der Waals surface area (Å²) >= 11 is 0. The van der Waals surface area contributed by atoms with E-state index in [9.17, 15) is 9.59 Å². The van der Waals surface area contributed by atoms with E-state index in [1.54, 1.807) is 49.5 Å². The minimum absolute atomic E-state index is 0.0875. The molecule has 1 aromatic heterocycles. The fourth-order valence-corrected chi connectivity index (χ4v) is 2.76. The molecule has 140 valence electrons. The molecule has 0 aliphatic carbocycles. The molecule has 0 saturated carbocycles. The molecule has 28 heavy (non-hydrogen) atoms. The Balaban J connectivity index is 1.71. The first kappa shape index (κ1) is 19.1. The van der Waals surface area contributed by atoms with Gasteiger partial charge in [-0.1, -0.05) is 12.0 Å². The topological polar surface area (TPSA) is 75.2 Å². The van der Waals surface area contributed by atoms with Gasteiger partial charge in [-0.15, -0.1) is 6.42 Å². The average molecular weight is 372 g/mol. The zero-order valence-corrected chi connectivity index (χ0v) is 16.0. The van der Waals surface area contributed by atoms with E-state index < -0.39 is 0 Å². The van der Waals surface area contributed by atoms with Gasteiger partial charge in [0.1, 0.15) is 0 Å². The highest BCUT2D eigenvalue weighted by molar-refractivity contribution is 6.00. The summed E-state index contributed by atoms with van der Waals surface area (Å²) in [5, 5.41) is 2.75. The third-order valence-corrected chi connectivity index (χ3v) is 4.36. The second-order valence-corrected chi connectivity index (χ2v) is 6.53. The van der Waals surface area contributed by atoms with E-state index in [0.29, 0.717) is 22.3 Å². The Kier molecular flexibility index (Phi) is 5.37. The molecule has 0 radical (unpaired) electrons. The molecule has 2 amide bonds. The van der Waals surface area contributed by atoms with Crippen LogP contribution in [-0.2, 0) is 4.79 Å². The Hall–Kier alpha value is -3.72. The number of carbonyl (C=O) groups is 2. The number of rotatable bonds is 4. The van der Waals surface area contributed by atoms with Crippen molar-refractivity contribution in [2.75, 3.05) is 18.9 Å². The molecule has 1 N–H and O–H groups in total. The Morgan fingerprint density at radius 2 is 1.79 bits per heavy atom. The van der Waals surface area contributed by atoms with Crippen LogP contribution in [0.3, 0.4) is 0 Å². The predicted octanol–water partition coefficient (Wildman–Crippen LogP) is 2.94. The van der Waals surface area contributed by atoms with Gasteiger partial charge in [0.05, 0.1) is 29.0 Å². The van der Waals surface area contributed by atoms with Crippen molar-refractivity contribution in [1.82, 2.24) is 14.9 Å². The third-order valence-electron chi connectivity index (χ3n) is 4.36. The SMILES string of the molecule is C#Cc1cccc(NC(=O)CN(C)C(=O)c2ccc3nc(C)c(C)nc3c2)c1. The second kappa shape index (κ2) is 7.89. The highest BCUT2D eigenvalue weighted by atomic mass is 16.2. The smallest absolute Gasteiger partial charge is 0.254 e. The van der Waals surface area contributed by atoms with Crippen LogP contribution in [0.15, 0.2) is 42.5 Å². The Labute approximate surface area is 163 Å². The van der Waals surface area contributed by atoms with E-state index in [1.807, 2.05) is 13.8 Å². The maximum atomic E-state index is 12.7. The maximum Gasteiger partial charge on any atom is 0.254 e. The second-order valence-electron chi connectivity index (χ2n) is 6.53.